The van der Waals surface area contributed by atoms with Crippen molar-refractivity contribution < 1.29 is 4.74 Å². The van der Waals surface area contributed by atoms with Crippen LogP contribution in [-0.4, -0.2) is 13.4 Å². The van der Waals surface area contributed by atoms with Crippen LogP contribution in [0.15, 0.2) is 17.0 Å². The molecule has 0 spiro atoms. The van der Waals surface area contributed by atoms with E-state index >= 15 is 0 Å². The summed E-state index contributed by atoms with van der Waals surface area (Å²) in [6.45, 7) is 1.80. The molecule has 0 aliphatic heterocycles. The Balaban J connectivity index is 3.57. The zero-order valence-electron chi connectivity index (χ0n) is 5.09. The van der Waals surface area contributed by atoms with Gasteiger partial charge in [-0.3, -0.25) is 0 Å². The predicted octanol–water partition coefficient (Wildman–Crippen LogP) is 0.481. The summed E-state index contributed by atoms with van der Waals surface area (Å²) in [6.07, 6.45) is 2.75. The first-order chi connectivity index (χ1) is 3.81. The summed E-state index contributed by atoms with van der Waals surface area (Å²) in [5.74, 6) is 0.742. The van der Waals surface area contributed by atoms with Gasteiger partial charge in [0.1, 0.15) is 5.76 Å². The van der Waals surface area contributed by atoms with Crippen LogP contribution in [0.3, 0.4) is 0 Å². The SMILES string of the molecule is CO/C(C)=C\N=C\N. The van der Waals surface area contributed by atoms with Crippen molar-refractivity contribution in [2.75, 3.05) is 7.11 Å². The lowest BCUT2D eigenvalue weighted by Crippen LogP contribution is -1.86. The maximum atomic E-state index is 4.94. The fourth-order valence-corrected chi connectivity index (χ4v) is 0.201. The monoisotopic (exact) mass is 114 g/mol. The van der Waals surface area contributed by atoms with Crippen LogP contribution in [0, 0.1) is 0 Å². The van der Waals surface area contributed by atoms with Gasteiger partial charge < -0.3 is 10.5 Å². The molecule has 2 N–H and O–H groups in total. The summed E-state index contributed by atoms with van der Waals surface area (Å²) >= 11 is 0. The first-order valence-electron chi connectivity index (χ1n) is 2.25. The van der Waals surface area contributed by atoms with E-state index in [2.05, 4.69) is 4.99 Å². The summed E-state index contributed by atoms with van der Waals surface area (Å²) < 4.78 is 4.74. The standard InChI is InChI=1S/C5H10N2O/c1-5(8-2)3-7-4-6/h3-4H,1-2H3,(H2,6,7)/b5-3-. The van der Waals surface area contributed by atoms with Crippen LogP contribution >= 0.6 is 0 Å². The Morgan fingerprint density at radius 2 is 2.38 bits per heavy atom. The van der Waals surface area contributed by atoms with E-state index in [1.54, 1.807) is 20.2 Å². The molecule has 3 heteroatoms. The second-order valence-corrected chi connectivity index (χ2v) is 1.24. The summed E-state index contributed by atoms with van der Waals surface area (Å²) in [5.41, 5.74) is 4.94. The van der Waals surface area contributed by atoms with Gasteiger partial charge in [0.05, 0.1) is 19.6 Å². The molecular weight excluding hydrogens is 104 g/mol. The van der Waals surface area contributed by atoms with E-state index in [1.165, 1.54) is 6.34 Å². The first kappa shape index (κ1) is 7.01. The molecule has 0 atom stereocenters. The van der Waals surface area contributed by atoms with Crippen molar-refractivity contribution in [3.63, 3.8) is 0 Å². The zero-order valence-corrected chi connectivity index (χ0v) is 5.09. The number of rotatable bonds is 2. The zero-order chi connectivity index (χ0) is 6.41. The van der Waals surface area contributed by atoms with Crippen molar-refractivity contribution in [2.24, 2.45) is 10.7 Å². The Morgan fingerprint density at radius 1 is 1.75 bits per heavy atom. The molecular formula is C5H10N2O. The molecule has 0 aliphatic rings. The summed E-state index contributed by atoms with van der Waals surface area (Å²) in [6, 6.07) is 0. The van der Waals surface area contributed by atoms with Gasteiger partial charge in [-0.1, -0.05) is 0 Å². The Bertz CT molecular complexity index is 107. The van der Waals surface area contributed by atoms with Crippen LogP contribution in [0.4, 0.5) is 0 Å². The maximum absolute atomic E-state index is 4.94. The van der Waals surface area contributed by atoms with Gasteiger partial charge in [0, 0.05) is 0 Å². The number of methoxy groups -OCH3 is 1. The molecule has 0 rings (SSSR count). The fraction of sp³-hybridized carbons (Fsp3) is 0.400. The number of allylic oxidation sites excluding steroid dienone is 1. The van der Waals surface area contributed by atoms with Gasteiger partial charge in [-0.25, -0.2) is 4.99 Å². The van der Waals surface area contributed by atoms with E-state index in [9.17, 15) is 0 Å². The third-order valence-corrected chi connectivity index (χ3v) is 0.664. The highest BCUT2D eigenvalue weighted by molar-refractivity contribution is 5.52. The van der Waals surface area contributed by atoms with Crippen LogP contribution in [0.5, 0.6) is 0 Å². The quantitative estimate of drug-likeness (QED) is 0.322. The van der Waals surface area contributed by atoms with Crippen molar-refractivity contribution in [1.82, 2.24) is 0 Å². The van der Waals surface area contributed by atoms with Gasteiger partial charge in [-0.05, 0) is 6.92 Å². The highest BCUT2D eigenvalue weighted by Gasteiger charge is 1.76. The number of aliphatic imine (C=N–C) groups is 1. The maximum Gasteiger partial charge on any atom is 0.111 e. The van der Waals surface area contributed by atoms with Gasteiger partial charge in [-0.15, -0.1) is 0 Å². The molecule has 0 bridgehead atoms. The van der Waals surface area contributed by atoms with Crippen LogP contribution in [0.25, 0.3) is 0 Å². The van der Waals surface area contributed by atoms with E-state index in [4.69, 9.17) is 10.5 Å². The first-order valence-corrected chi connectivity index (χ1v) is 2.25. The molecule has 0 unspecified atom stereocenters. The normalized spacial score (nSPS) is 12.5. The lowest BCUT2D eigenvalue weighted by atomic mass is 10.6. The molecule has 0 radical (unpaired) electrons. The third-order valence-electron chi connectivity index (χ3n) is 0.664. The predicted molar refractivity (Wildman–Crippen MR) is 33.4 cm³/mol. The van der Waals surface area contributed by atoms with Gasteiger partial charge in [0.15, 0.2) is 0 Å². The molecule has 3 nitrogen and oxygen atoms in total. The highest BCUT2D eigenvalue weighted by Crippen LogP contribution is 1.89. The van der Waals surface area contributed by atoms with Crippen LogP contribution in [-0.2, 0) is 4.74 Å². The molecule has 46 valence electrons. The molecule has 0 aromatic carbocycles. The average molecular weight is 114 g/mol. The minimum absolute atomic E-state index is 0.742. The lowest BCUT2D eigenvalue weighted by molar-refractivity contribution is 0.292. The van der Waals surface area contributed by atoms with E-state index in [0.29, 0.717) is 0 Å². The van der Waals surface area contributed by atoms with Gasteiger partial charge in [0.2, 0.25) is 0 Å². The molecule has 0 heterocycles. The number of nitrogens with two attached hydrogens (primary N) is 1. The highest BCUT2D eigenvalue weighted by atomic mass is 16.5. The minimum atomic E-state index is 0.742. The third kappa shape index (κ3) is 3.21. The second kappa shape index (κ2) is 4.18. The number of ether oxygens (including phenoxy) is 1. The number of hydrogen-bond acceptors (Lipinski definition) is 2. The van der Waals surface area contributed by atoms with Crippen LogP contribution in [0.2, 0.25) is 0 Å². The molecule has 0 saturated heterocycles. The van der Waals surface area contributed by atoms with Crippen molar-refractivity contribution in [3.05, 3.63) is 12.0 Å². The van der Waals surface area contributed by atoms with E-state index in [1.807, 2.05) is 0 Å². The molecule has 0 fully saturated rings. The molecule has 0 aromatic rings. The van der Waals surface area contributed by atoms with Gasteiger partial charge in [0.25, 0.3) is 0 Å². The second-order valence-electron chi connectivity index (χ2n) is 1.24. The van der Waals surface area contributed by atoms with E-state index in [0.717, 1.165) is 5.76 Å². The molecule has 0 aromatic heterocycles. The Labute approximate surface area is 48.9 Å². The molecule has 0 amide bonds. The molecule has 8 heavy (non-hydrogen) atoms. The molecule has 0 saturated carbocycles. The summed E-state index contributed by atoms with van der Waals surface area (Å²) in [5, 5.41) is 0. The van der Waals surface area contributed by atoms with Crippen molar-refractivity contribution in [2.45, 2.75) is 6.92 Å². The van der Waals surface area contributed by atoms with Gasteiger partial charge >= 0.3 is 0 Å². The van der Waals surface area contributed by atoms with Gasteiger partial charge in [-0.2, -0.15) is 0 Å². The molecule has 0 aliphatic carbocycles. The number of hydrogen-bond donors (Lipinski definition) is 1. The number of nitrogens with zero attached hydrogens (tertiary/aromatic N) is 1. The smallest absolute Gasteiger partial charge is 0.111 e. The van der Waals surface area contributed by atoms with E-state index in [-0.39, 0.29) is 0 Å². The summed E-state index contributed by atoms with van der Waals surface area (Å²) in [4.78, 5) is 3.61. The largest absolute Gasteiger partial charge is 0.500 e. The van der Waals surface area contributed by atoms with Crippen molar-refractivity contribution in [3.8, 4) is 0 Å². The Hall–Kier alpha value is -0.990. The van der Waals surface area contributed by atoms with Crippen LogP contribution < -0.4 is 5.73 Å². The Kier molecular flexibility index (Phi) is 3.66. The minimum Gasteiger partial charge on any atom is -0.500 e. The average Bonchev–Trinajstić information content (AvgIpc) is 1.83. The van der Waals surface area contributed by atoms with Crippen molar-refractivity contribution in [1.29, 1.82) is 0 Å². The summed E-state index contributed by atoms with van der Waals surface area (Å²) in [7, 11) is 1.58. The van der Waals surface area contributed by atoms with E-state index < -0.39 is 0 Å². The van der Waals surface area contributed by atoms with Crippen molar-refractivity contribution >= 4 is 6.34 Å². The topological polar surface area (TPSA) is 47.6 Å². The lowest BCUT2D eigenvalue weighted by Gasteiger charge is -1.92. The van der Waals surface area contributed by atoms with Crippen LogP contribution in [0.1, 0.15) is 6.92 Å². The fourth-order valence-electron chi connectivity index (χ4n) is 0.201. The Morgan fingerprint density at radius 3 is 2.75 bits per heavy atom.